The van der Waals surface area contributed by atoms with Crippen molar-refractivity contribution in [1.29, 1.82) is 0 Å². The van der Waals surface area contributed by atoms with Crippen LogP contribution in [0, 0.1) is 5.82 Å². The fraction of sp³-hybridized carbons (Fsp3) is 0.429. The highest BCUT2D eigenvalue weighted by atomic mass is 79.9. The highest BCUT2D eigenvalue weighted by Gasteiger charge is 2.14. The summed E-state index contributed by atoms with van der Waals surface area (Å²) >= 11 is 3.35. The normalized spacial score (nSPS) is 12.4. The first-order valence-corrected chi connectivity index (χ1v) is 6.76. The van der Waals surface area contributed by atoms with Crippen molar-refractivity contribution in [2.24, 2.45) is 5.73 Å². The summed E-state index contributed by atoms with van der Waals surface area (Å²) in [7, 11) is 0. The average molecular weight is 300 g/mol. The van der Waals surface area contributed by atoms with Gasteiger partial charge in [0.2, 0.25) is 0 Å². The molecule has 0 saturated carbocycles. The van der Waals surface area contributed by atoms with Crippen LogP contribution in [0.25, 0.3) is 0 Å². The summed E-state index contributed by atoms with van der Waals surface area (Å²) in [5.74, 6) is -0.224. The lowest BCUT2D eigenvalue weighted by atomic mass is 10.0. The fourth-order valence-electron chi connectivity index (χ4n) is 1.84. The number of rotatable bonds is 7. The van der Waals surface area contributed by atoms with Crippen molar-refractivity contribution in [1.82, 2.24) is 0 Å². The molecule has 0 saturated heterocycles. The molecule has 1 aromatic rings. The first-order valence-electron chi connectivity index (χ1n) is 5.97. The van der Waals surface area contributed by atoms with E-state index in [0.29, 0.717) is 5.56 Å². The van der Waals surface area contributed by atoms with Gasteiger partial charge < -0.3 is 5.73 Å². The van der Waals surface area contributed by atoms with Gasteiger partial charge in [-0.3, -0.25) is 0 Å². The van der Waals surface area contributed by atoms with Crippen LogP contribution < -0.4 is 5.73 Å². The first-order chi connectivity index (χ1) is 8.16. The Bertz CT molecular complexity index is 345. The molecule has 17 heavy (non-hydrogen) atoms. The zero-order valence-electron chi connectivity index (χ0n) is 9.96. The standard InChI is InChI=1S/C14H19BrFN/c1-2-3-4-5-6-10-13(17)14-11(15)8-7-9-12(14)16/h2,7-9,13H,1,3-6,10,17H2. The Morgan fingerprint density at radius 2 is 2.12 bits per heavy atom. The second-order valence-corrected chi connectivity index (χ2v) is 5.02. The highest BCUT2D eigenvalue weighted by molar-refractivity contribution is 9.10. The van der Waals surface area contributed by atoms with E-state index in [0.717, 1.165) is 36.6 Å². The number of allylic oxidation sites excluding steroid dienone is 1. The predicted octanol–water partition coefficient (Wildman–Crippen LogP) is 4.72. The lowest BCUT2D eigenvalue weighted by molar-refractivity contribution is 0.533. The molecular weight excluding hydrogens is 281 g/mol. The van der Waals surface area contributed by atoms with Gasteiger partial charge in [0.15, 0.2) is 0 Å². The first kappa shape index (κ1) is 14.4. The van der Waals surface area contributed by atoms with Gasteiger partial charge in [-0.05, 0) is 31.4 Å². The van der Waals surface area contributed by atoms with E-state index in [1.54, 1.807) is 6.07 Å². The Kier molecular flexibility index (Phi) is 6.45. The minimum Gasteiger partial charge on any atom is -0.324 e. The zero-order valence-corrected chi connectivity index (χ0v) is 11.5. The minimum atomic E-state index is -0.227. The van der Waals surface area contributed by atoms with Gasteiger partial charge in [-0.1, -0.05) is 40.9 Å². The summed E-state index contributed by atoms with van der Waals surface area (Å²) in [6.07, 6.45) is 7.05. The molecule has 1 rings (SSSR count). The van der Waals surface area contributed by atoms with Gasteiger partial charge in [0.25, 0.3) is 0 Å². The second-order valence-electron chi connectivity index (χ2n) is 4.17. The van der Waals surface area contributed by atoms with Crippen LogP contribution in [0.1, 0.15) is 43.7 Å². The zero-order chi connectivity index (χ0) is 12.7. The van der Waals surface area contributed by atoms with Crippen molar-refractivity contribution in [3.63, 3.8) is 0 Å². The summed E-state index contributed by atoms with van der Waals surface area (Å²) < 4.78 is 14.4. The van der Waals surface area contributed by atoms with Crippen LogP contribution in [0.3, 0.4) is 0 Å². The number of hydrogen-bond donors (Lipinski definition) is 1. The van der Waals surface area contributed by atoms with Crippen molar-refractivity contribution in [3.8, 4) is 0 Å². The molecule has 0 fully saturated rings. The molecule has 0 aliphatic rings. The molecule has 3 heteroatoms. The smallest absolute Gasteiger partial charge is 0.129 e. The molecular formula is C14H19BrFN. The lowest BCUT2D eigenvalue weighted by Crippen LogP contribution is -2.12. The van der Waals surface area contributed by atoms with E-state index in [1.807, 2.05) is 12.1 Å². The largest absolute Gasteiger partial charge is 0.324 e. The molecule has 0 radical (unpaired) electrons. The molecule has 0 bridgehead atoms. The Hall–Kier alpha value is -0.670. The summed E-state index contributed by atoms with van der Waals surface area (Å²) in [4.78, 5) is 0. The van der Waals surface area contributed by atoms with Crippen LogP contribution in [0.15, 0.2) is 35.3 Å². The summed E-state index contributed by atoms with van der Waals surface area (Å²) in [6, 6.07) is 4.74. The highest BCUT2D eigenvalue weighted by Crippen LogP contribution is 2.27. The van der Waals surface area contributed by atoms with Gasteiger partial charge in [0.1, 0.15) is 5.82 Å². The third-order valence-electron chi connectivity index (χ3n) is 2.79. The molecule has 1 nitrogen and oxygen atoms in total. The van der Waals surface area contributed by atoms with E-state index in [2.05, 4.69) is 22.5 Å². The summed E-state index contributed by atoms with van der Waals surface area (Å²) in [5, 5.41) is 0. The van der Waals surface area contributed by atoms with Crippen LogP contribution in [0.2, 0.25) is 0 Å². The molecule has 0 amide bonds. The van der Waals surface area contributed by atoms with Gasteiger partial charge in [-0.2, -0.15) is 0 Å². The van der Waals surface area contributed by atoms with E-state index in [9.17, 15) is 4.39 Å². The Morgan fingerprint density at radius 3 is 2.76 bits per heavy atom. The van der Waals surface area contributed by atoms with Gasteiger partial charge in [0, 0.05) is 16.1 Å². The maximum atomic E-state index is 13.6. The van der Waals surface area contributed by atoms with Crippen molar-refractivity contribution >= 4 is 15.9 Å². The fourth-order valence-corrected chi connectivity index (χ4v) is 2.48. The van der Waals surface area contributed by atoms with Gasteiger partial charge in [-0.25, -0.2) is 4.39 Å². The minimum absolute atomic E-state index is 0.224. The van der Waals surface area contributed by atoms with Gasteiger partial charge in [0.05, 0.1) is 0 Å². The monoisotopic (exact) mass is 299 g/mol. The molecule has 0 aromatic heterocycles. The van der Waals surface area contributed by atoms with Crippen LogP contribution in [-0.2, 0) is 0 Å². The van der Waals surface area contributed by atoms with Crippen molar-refractivity contribution in [3.05, 3.63) is 46.7 Å². The van der Waals surface area contributed by atoms with Crippen LogP contribution >= 0.6 is 15.9 Å². The Balaban J connectivity index is 2.46. The maximum absolute atomic E-state index is 13.6. The van der Waals surface area contributed by atoms with Crippen LogP contribution in [0.4, 0.5) is 4.39 Å². The quantitative estimate of drug-likeness (QED) is 0.572. The number of benzene rings is 1. The molecule has 1 aromatic carbocycles. The molecule has 0 aliphatic heterocycles. The van der Waals surface area contributed by atoms with Gasteiger partial charge in [-0.15, -0.1) is 6.58 Å². The molecule has 94 valence electrons. The number of halogens is 2. The van der Waals surface area contributed by atoms with E-state index in [4.69, 9.17) is 5.73 Å². The van der Waals surface area contributed by atoms with Crippen molar-refractivity contribution in [2.45, 2.75) is 38.1 Å². The summed E-state index contributed by atoms with van der Waals surface area (Å²) in [6.45, 7) is 3.68. The van der Waals surface area contributed by atoms with E-state index in [1.165, 1.54) is 6.07 Å². The Morgan fingerprint density at radius 1 is 1.35 bits per heavy atom. The van der Waals surface area contributed by atoms with Crippen molar-refractivity contribution < 1.29 is 4.39 Å². The second kappa shape index (κ2) is 7.62. The van der Waals surface area contributed by atoms with Crippen LogP contribution in [0.5, 0.6) is 0 Å². The molecule has 0 spiro atoms. The molecule has 0 aliphatic carbocycles. The molecule has 1 atom stereocenters. The van der Waals surface area contributed by atoms with Gasteiger partial charge >= 0.3 is 0 Å². The molecule has 0 heterocycles. The SMILES string of the molecule is C=CCCCCCC(N)c1c(F)cccc1Br. The third-order valence-corrected chi connectivity index (χ3v) is 3.49. The lowest BCUT2D eigenvalue weighted by Gasteiger charge is -2.14. The van der Waals surface area contributed by atoms with E-state index >= 15 is 0 Å². The van der Waals surface area contributed by atoms with E-state index < -0.39 is 0 Å². The topological polar surface area (TPSA) is 26.0 Å². The predicted molar refractivity (Wildman–Crippen MR) is 74.3 cm³/mol. The average Bonchev–Trinajstić information content (AvgIpc) is 2.28. The third kappa shape index (κ3) is 4.60. The Labute approximate surface area is 111 Å². The number of hydrogen-bond acceptors (Lipinski definition) is 1. The van der Waals surface area contributed by atoms with Crippen molar-refractivity contribution in [2.75, 3.05) is 0 Å². The summed E-state index contributed by atoms with van der Waals surface area (Å²) in [5.41, 5.74) is 6.61. The van der Waals surface area contributed by atoms with Crippen LogP contribution in [-0.4, -0.2) is 0 Å². The number of unbranched alkanes of at least 4 members (excludes halogenated alkanes) is 3. The molecule has 2 N–H and O–H groups in total. The number of nitrogens with two attached hydrogens (primary N) is 1. The maximum Gasteiger partial charge on any atom is 0.129 e. The van der Waals surface area contributed by atoms with E-state index in [-0.39, 0.29) is 11.9 Å². The molecule has 1 unspecified atom stereocenters.